The molecule has 0 aliphatic carbocycles. The number of aromatic nitrogens is 3. The molecule has 2 aromatic heterocycles. The van der Waals surface area contributed by atoms with Gasteiger partial charge in [-0.25, -0.2) is 9.78 Å². The second kappa shape index (κ2) is 7.41. The minimum Gasteiger partial charge on any atom is -0.362 e. The number of amides is 2. The predicted molar refractivity (Wildman–Crippen MR) is 85.8 cm³/mol. The van der Waals surface area contributed by atoms with Crippen molar-refractivity contribution in [2.75, 3.05) is 19.0 Å². The molecule has 2 amide bonds. The summed E-state index contributed by atoms with van der Waals surface area (Å²) in [5, 5.41) is 8.62. The molecule has 0 saturated heterocycles. The first-order valence-corrected chi connectivity index (χ1v) is 7.41. The third kappa shape index (κ3) is 4.61. The zero-order chi connectivity index (χ0) is 18.6. The lowest BCUT2D eigenvalue weighted by Gasteiger charge is -2.16. The number of rotatable bonds is 5. The van der Waals surface area contributed by atoms with Crippen molar-refractivity contribution in [3.8, 4) is 0 Å². The highest BCUT2D eigenvalue weighted by molar-refractivity contribution is 5.74. The van der Waals surface area contributed by atoms with Gasteiger partial charge in [0.15, 0.2) is 0 Å². The smallest absolute Gasteiger partial charge is 0.362 e. The number of nitrogens with zero attached hydrogens (tertiary/aromatic N) is 4. The Kier molecular flexibility index (Phi) is 5.50. The number of halogens is 3. The summed E-state index contributed by atoms with van der Waals surface area (Å²) >= 11 is 0. The molecule has 7 nitrogen and oxygen atoms in total. The van der Waals surface area contributed by atoms with Gasteiger partial charge in [0.2, 0.25) is 0 Å². The highest BCUT2D eigenvalue weighted by Crippen LogP contribution is 2.31. The highest BCUT2D eigenvalue weighted by atomic mass is 19.4. The first-order valence-electron chi connectivity index (χ1n) is 7.41. The fraction of sp³-hybridized carbons (Fsp3) is 0.400. The molecule has 2 heterocycles. The van der Waals surface area contributed by atoms with Crippen molar-refractivity contribution in [2.24, 2.45) is 7.05 Å². The summed E-state index contributed by atoms with van der Waals surface area (Å²) < 4.78 is 39.7. The number of nitrogens with one attached hydrogen (secondary N) is 2. The fourth-order valence-corrected chi connectivity index (χ4v) is 2.28. The summed E-state index contributed by atoms with van der Waals surface area (Å²) in [5.41, 5.74) is -0.186. The second-order valence-corrected chi connectivity index (χ2v) is 5.54. The Labute approximate surface area is 142 Å². The number of pyridine rings is 1. The zero-order valence-electron chi connectivity index (χ0n) is 14.1. The largest absolute Gasteiger partial charge is 0.419 e. The number of carbonyl (C=O) groups excluding carboxylic acids is 1. The highest BCUT2D eigenvalue weighted by Gasteiger charge is 2.35. The van der Waals surface area contributed by atoms with Gasteiger partial charge in [0.1, 0.15) is 5.82 Å². The van der Waals surface area contributed by atoms with Crippen LogP contribution in [0.15, 0.2) is 24.5 Å². The van der Waals surface area contributed by atoms with Crippen molar-refractivity contribution < 1.29 is 18.0 Å². The van der Waals surface area contributed by atoms with E-state index >= 15 is 0 Å². The summed E-state index contributed by atoms with van der Waals surface area (Å²) in [5.74, 6) is 0.703. The van der Waals surface area contributed by atoms with Gasteiger partial charge < -0.3 is 15.5 Å². The van der Waals surface area contributed by atoms with Crippen LogP contribution in [0.2, 0.25) is 0 Å². The van der Waals surface area contributed by atoms with Crippen molar-refractivity contribution in [3.05, 3.63) is 41.3 Å². The quantitative estimate of drug-likeness (QED) is 0.858. The number of aryl methyl sites for hydroxylation is 1. The maximum Gasteiger partial charge on any atom is 0.419 e. The van der Waals surface area contributed by atoms with Crippen molar-refractivity contribution in [2.45, 2.75) is 19.3 Å². The van der Waals surface area contributed by atoms with E-state index in [4.69, 9.17) is 0 Å². The van der Waals surface area contributed by atoms with E-state index in [1.807, 2.05) is 20.2 Å². The van der Waals surface area contributed by atoms with Crippen LogP contribution < -0.4 is 15.5 Å². The van der Waals surface area contributed by atoms with Gasteiger partial charge in [-0.15, -0.1) is 0 Å². The van der Waals surface area contributed by atoms with Crippen molar-refractivity contribution in [1.82, 2.24) is 25.4 Å². The third-order valence-electron chi connectivity index (χ3n) is 3.51. The molecule has 0 unspecified atom stereocenters. The Morgan fingerprint density at radius 3 is 2.60 bits per heavy atom. The van der Waals surface area contributed by atoms with Gasteiger partial charge >= 0.3 is 12.2 Å². The van der Waals surface area contributed by atoms with Crippen LogP contribution >= 0.6 is 0 Å². The molecule has 0 fully saturated rings. The molecule has 0 saturated carbocycles. The number of hydrogen-bond acceptors (Lipinski definition) is 4. The molecule has 136 valence electrons. The van der Waals surface area contributed by atoms with Gasteiger partial charge in [-0.1, -0.05) is 6.07 Å². The van der Waals surface area contributed by atoms with Crippen LogP contribution in [0.3, 0.4) is 0 Å². The molecule has 0 aromatic carbocycles. The van der Waals surface area contributed by atoms with Crippen molar-refractivity contribution >= 4 is 11.8 Å². The first kappa shape index (κ1) is 18.6. The molecule has 2 N–H and O–H groups in total. The van der Waals surface area contributed by atoms with E-state index in [9.17, 15) is 18.0 Å². The SMILES string of the molecule is CN(C)c1ncccc1CNC(=O)NCc1c(C(F)(F)F)cnn1C. The molecule has 2 aromatic rings. The van der Waals surface area contributed by atoms with Crippen LogP contribution in [0, 0.1) is 0 Å². The second-order valence-electron chi connectivity index (χ2n) is 5.54. The average Bonchev–Trinajstić information content (AvgIpc) is 2.92. The topological polar surface area (TPSA) is 75.1 Å². The minimum atomic E-state index is -4.52. The van der Waals surface area contributed by atoms with Gasteiger partial charge in [-0.05, 0) is 6.07 Å². The van der Waals surface area contributed by atoms with Crippen molar-refractivity contribution in [1.29, 1.82) is 0 Å². The molecule has 25 heavy (non-hydrogen) atoms. The fourth-order valence-electron chi connectivity index (χ4n) is 2.28. The Balaban J connectivity index is 1.96. The normalized spacial score (nSPS) is 11.3. The Morgan fingerprint density at radius 2 is 1.96 bits per heavy atom. The van der Waals surface area contributed by atoms with Crippen LogP contribution in [0.5, 0.6) is 0 Å². The molecule has 0 aliphatic rings. The Morgan fingerprint density at radius 1 is 1.28 bits per heavy atom. The van der Waals surface area contributed by atoms with Crippen molar-refractivity contribution in [3.63, 3.8) is 0 Å². The van der Waals surface area contributed by atoms with Gasteiger partial charge in [0.25, 0.3) is 0 Å². The molecule has 0 bridgehead atoms. The van der Waals surface area contributed by atoms with Crippen LogP contribution in [0.4, 0.5) is 23.8 Å². The standard InChI is InChI=1S/C15H19F3N6O/c1-23(2)13-10(5-4-6-19-13)7-20-14(25)21-9-12-11(15(16,17)18)8-22-24(12)3/h4-6,8H,7,9H2,1-3H3,(H2,20,21,25). The number of carbonyl (C=O) groups is 1. The molecule has 0 aliphatic heterocycles. The summed E-state index contributed by atoms with van der Waals surface area (Å²) in [6, 6.07) is 2.97. The van der Waals surface area contributed by atoms with Crippen LogP contribution in [0.25, 0.3) is 0 Å². The van der Waals surface area contributed by atoms with Gasteiger partial charge in [0, 0.05) is 39.4 Å². The maximum atomic E-state index is 12.9. The van der Waals surface area contributed by atoms with Gasteiger partial charge in [-0.3, -0.25) is 4.68 Å². The minimum absolute atomic E-state index is 0.113. The van der Waals surface area contributed by atoms with E-state index in [2.05, 4.69) is 20.7 Å². The van der Waals surface area contributed by atoms with E-state index in [1.54, 1.807) is 17.2 Å². The molecule has 0 spiro atoms. The van der Waals surface area contributed by atoms with E-state index in [0.29, 0.717) is 5.82 Å². The molecule has 0 radical (unpaired) electrons. The molecular formula is C15H19F3N6O. The summed E-state index contributed by atoms with van der Waals surface area (Å²) in [6.07, 6.45) is -2.13. The first-order chi connectivity index (χ1) is 11.7. The molecular weight excluding hydrogens is 337 g/mol. The Hall–Kier alpha value is -2.78. The summed E-state index contributed by atoms with van der Waals surface area (Å²) in [6.45, 7) is -0.0878. The van der Waals surface area contributed by atoms with Gasteiger partial charge in [0.05, 0.1) is 24.0 Å². The lowest BCUT2D eigenvalue weighted by Crippen LogP contribution is -2.35. The number of hydrogen-bond donors (Lipinski definition) is 2. The van der Waals surface area contributed by atoms with E-state index in [-0.39, 0.29) is 18.8 Å². The molecule has 2 rings (SSSR count). The average molecular weight is 356 g/mol. The number of anilines is 1. The third-order valence-corrected chi connectivity index (χ3v) is 3.51. The maximum absolute atomic E-state index is 12.9. The number of alkyl halides is 3. The van der Waals surface area contributed by atoms with E-state index in [0.717, 1.165) is 16.4 Å². The molecule has 0 atom stereocenters. The summed E-state index contributed by atoms with van der Waals surface area (Å²) in [7, 11) is 5.04. The van der Waals surface area contributed by atoms with E-state index in [1.165, 1.54) is 7.05 Å². The lowest BCUT2D eigenvalue weighted by atomic mass is 10.2. The van der Waals surface area contributed by atoms with E-state index < -0.39 is 17.8 Å². The van der Waals surface area contributed by atoms with Crippen LogP contribution in [-0.2, 0) is 26.3 Å². The number of urea groups is 1. The monoisotopic (exact) mass is 356 g/mol. The molecule has 10 heteroatoms. The summed E-state index contributed by atoms with van der Waals surface area (Å²) in [4.78, 5) is 17.9. The van der Waals surface area contributed by atoms with Gasteiger partial charge in [-0.2, -0.15) is 18.3 Å². The lowest BCUT2D eigenvalue weighted by molar-refractivity contribution is -0.138. The predicted octanol–water partition coefficient (Wildman–Crippen LogP) is 1.90. The van der Waals surface area contributed by atoms with Crippen LogP contribution in [0.1, 0.15) is 16.8 Å². The zero-order valence-corrected chi connectivity index (χ0v) is 14.1. The Bertz CT molecular complexity index is 741. The van der Waals surface area contributed by atoms with Crippen LogP contribution in [-0.4, -0.2) is 34.9 Å².